The van der Waals surface area contributed by atoms with Gasteiger partial charge in [-0.05, 0) is 38.5 Å². The predicted octanol–water partition coefficient (Wildman–Crippen LogP) is 1.59. The number of rotatable bonds is 5. The van der Waals surface area contributed by atoms with E-state index in [1.165, 1.54) is 6.20 Å². The number of likely N-dealkylation sites (tertiary alicyclic amines) is 1. The van der Waals surface area contributed by atoms with E-state index in [4.69, 9.17) is 9.84 Å². The van der Waals surface area contributed by atoms with E-state index < -0.39 is 5.97 Å². The minimum atomic E-state index is -0.928. The quantitative estimate of drug-likeness (QED) is 0.872. The van der Waals surface area contributed by atoms with Crippen molar-refractivity contribution in [3.63, 3.8) is 0 Å². The molecule has 2 aromatic heterocycles. The summed E-state index contributed by atoms with van der Waals surface area (Å²) in [5.41, 5.74) is 2.27. The Kier molecular flexibility index (Phi) is 5.03. The lowest BCUT2D eigenvalue weighted by molar-refractivity contribution is -0.137. The van der Waals surface area contributed by atoms with Gasteiger partial charge < -0.3 is 14.7 Å². The van der Waals surface area contributed by atoms with E-state index in [1.54, 1.807) is 28.8 Å². The number of methoxy groups -OCH3 is 1. The molecule has 8 nitrogen and oxygen atoms in total. The van der Waals surface area contributed by atoms with Gasteiger partial charge in [-0.3, -0.25) is 9.59 Å². The molecule has 3 rings (SSSR count). The third-order valence-corrected chi connectivity index (χ3v) is 4.60. The molecule has 0 saturated carbocycles. The van der Waals surface area contributed by atoms with Gasteiger partial charge in [-0.2, -0.15) is 5.10 Å². The Balaban J connectivity index is 1.80. The summed E-state index contributed by atoms with van der Waals surface area (Å²) in [6, 6.07) is 5.01. The van der Waals surface area contributed by atoms with Gasteiger partial charge in [-0.25, -0.2) is 9.67 Å². The van der Waals surface area contributed by atoms with Crippen LogP contribution >= 0.6 is 0 Å². The molecule has 1 amide bonds. The summed E-state index contributed by atoms with van der Waals surface area (Å²) in [6.45, 7) is 4.22. The SMILES string of the molecule is COC1CC(CC(=O)O)N(C(=O)c2ccc(-n3nc(C)cc3C)nc2)C1. The van der Waals surface area contributed by atoms with Crippen LogP contribution in [-0.4, -0.2) is 62.4 Å². The molecule has 1 N–H and O–H groups in total. The smallest absolute Gasteiger partial charge is 0.305 e. The van der Waals surface area contributed by atoms with Crippen molar-refractivity contribution in [2.75, 3.05) is 13.7 Å². The Morgan fingerprint density at radius 2 is 2.12 bits per heavy atom. The van der Waals surface area contributed by atoms with Crippen molar-refractivity contribution in [3.05, 3.63) is 41.3 Å². The first kappa shape index (κ1) is 18.1. The Morgan fingerprint density at radius 1 is 1.35 bits per heavy atom. The second-order valence-electron chi connectivity index (χ2n) is 6.55. The molecular formula is C18H22N4O4. The van der Waals surface area contributed by atoms with Crippen LogP contribution in [-0.2, 0) is 9.53 Å². The zero-order valence-electron chi connectivity index (χ0n) is 15.0. The van der Waals surface area contributed by atoms with Crippen LogP contribution in [0.3, 0.4) is 0 Å². The number of carboxylic acid groups (broad SMARTS) is 1. The van der Waals surface area contributed by atoms with Crippen LogP contribution in [0, 0.1) is 13.8 Å². The number of aromatic nitrogens is 3. The van der Waals surface area contributed by atoms with Gasteiger partial charge in [0.2, 0.25) is 0 Å². The molecule has 1 aliphatic heterocycles. The van der Waals surface area contributed by atoms with Crippen molar-refractivity contribution in [2.24, 2.45) is 0 Å². The molecule has 138 valence electrons. The van der Waals surface area contributed by atoms with E-state index in [0.717, 1.165) is 11.4 Å². The Morgan fingerprint density at radius 3 is 2.65 bits per heavy atom. The molecule has 1 fully saturated rings. The number of ether oxygens (including phenoxy) is 1. The molecular weight excluding hydrogens is 336 g/mol. The summed E-state index contributed by atoms with van der Waals surface area (Å²) in [5.74, 6) is -0.531. The molecule has 0 bridgehead atoms. The maximum absolute atomic E-state index is 12.8. The predicted molar refractivity (Wildman–Crippen MR) is 93.3 cm³/mol. The molecule has 2 unspecified atom stereocenters. The molecule has 1 aliphatic rings. The molecule has 2 aromatic rings. The van der Waals surface area contributed by atoms with Crippen LogP contribution in [0.1, 0.15) is 34.6 Å². The van der Waals surface area contributed by atoms with Gasteiger partial charge in [0.05, 0.1) is 23.8 Å². The van der Waals surface area contributed by atoms with E-state index >= 15 is 0 Å². The third-order valence-electron chi connectivity index (χ3n) is 4.60. The fraction of sp³-hybridized carbons (Fsp3) is 0.444. The highest BCUT2D eigenvalue weighted by Crippen LogP contribution is 2.25. The summed E-state index contributed by atoms with van der Waals surface area (Å²) in [6.07, 6.45) is 1.78. The average molecular weight is 358 g/mol. The van der Waals surface area contributed by atoms with E-state index in [-0.39, 0.29) is 24.5 Å². The number of nitrogens with zero attached hydrogens (tertiary/aromatic N) is 4. The van der Waals surface area contributed by atoms with Gasteiger partial charge >= 0.3 is 5.97 Å². The maximum atomic E-state index is 12.8. The van der Waals surface area contributed by atoms with Crippen LogP contribution in [0.25, 0.3) is 5.82 Å². The number of hydrogen-bond acceptors (Lipinski definition) is 5. The molecule has 0 aliphatic carbocycles. The van der Waals surface area contributed by atoms with Gasteiger partial charge in [0.15, 0.2) is 5.82 Å². The topological polar surface area (TPSA) is 97.6 Å². The molecule has 0 spiro atoms. The van der Waals surface area contributed by atoms with Crippen LogP contribution in [0.5, 0.6) is 0 Å². The summed E-state index contributed by atoms with van der Waals surface area (Å²) < 4.78 is 7.03. The van der Waals surface area contributed by atoms with Crippen LogP contribution in [0.15, 0.2) is 24.4 Å². The number of amides is 1. The highest BCUT2D eigenvalue weighted by molar-refractivity contribution is 5.94. The number of hydrogen-bond donors (Lipinski definition) is 1. The lowest BCUT2D eigenvalue weighted by Crippen LogP contribution is -2.37. The lowest BCUT2D eigenvalue weighted by Gasteiger charge is -2.23. The maximum Gasteiger partial charge on any atom is 0.305 e. The van der Waals surface area contributed by atoms with Gasteiger partial charge in [-0.1, -0.05) is 0 Å². The molecule has 1 saturated heterocycles. The van der Waals surface area contributed by atoms with Gasteiger partial charge in [0, 0.05) is 31.6 Å². The van der Waals surface area contributed by atoms with Gasteiger partial charge in [0.1, 0.15) is 0 Å². The Bertz CT molecular complexity index is 815. The van der Waals surface area contributed by atoms with E-state index in [0.29, 0.717) is 24.3 Å². The monoisotopic (exact) mass is 358 g/mol. The third kappa shape index (κ3) is 3.60. The van der Waals surface area contributed by atoms with Crippen LogP contribution < -0.4 is 0 Å². The second kappa shape index (κ2) is 7.25. The number of pyridine rings is 1. The number of aliphatic carboxylic acids is 1. The summed E-state index contributed by atoms with van der Waals surface area (Å²) in [5, 5.41) is 13.5. The first-order valence-corrected chi connectivity index (χ1v) is 8.44. The summed E-state index contributed by atoms with van der Waals surface area (Å²) >= 11 is 0. The minimum absolute atomic E-state index is 0.0944. The second-order valence-corrected chi connectivity index (χ2v) is 6.55. The van der Waals surface area contributed by atoms with Crippen LogP contribution in [0.4, 0.5) is 0 Å². The zero-order valence-corrected chi connectivity index (χ0v) is 15.0. The minimum Gasteiger partial charge on any atom is -0.481 e. The van der Waals surface area contributed by atoms with Crippen molar-refractivity contribution in [3.8, 4) is 5.82 Å². The zero-order chi connectivity index (χ0) is 18.8. The number of carbonyl (C=O) groups excluding carboxylic acids is 1. The number of carbonyl (C=O) groups is 2. The number of carboxylic acids is 1. The lowest BCUT2D eigenvalue weighted by atomic mass is 10.1. The average Bonchev–Trinajstić information content (AvgIpc) is 3.16. The fourth-order valence-electron chi connectivity index (χ4n) is 3.35. The molecule has 0 radical (unpaired) electrons. The van der Waals surface area contributed by atoms with Crippen molar-refractivity contribution in [1.82, 2.24) is 19.7 Å². The normalized spacial score (nSPS) is 19.7. The standard InChI is InChI=1S/C18H22N4O4/c1-11-6-12(2)22(20-11)16-5-4-13(9-19-16)18(25)21-10-15(26-3)7-14(21)8-17(23)24/h4-6,9,14-15H,7-8,10H2,1-3H3,(H,23,24). The first-order valence-electron chi connectivity index (χ1n) is 8.44. The molecule has 3 heterocycles. The van der Waals surface area contributed by atoms with Gasteiger partial charge in [0.25, 0.3) is 5.91 Å². The van der Waals surface area contributed by atoms with Crippen molar-refractivity contribution < 1.29 is 19.4 Å². The number of aryl methyl sites for hydroxylation is 2. The van der Waals surface area contributed by atoms with Crippen molar-refractivity contribution >= 4 is 11.9 Å². The van der Waals surface area contributed by atoms with Crippen LogP contribution in [0.2, 0.25) is 0 Å². The first-order chi connectivity index (χ1) is 12.4. The van der Waals surface area contributed by atoms with E-state index in [2.05, 4.69) is 10.1 Å². The van der Waals surface area contributed by atoms with Gasteiger partial charge in [-0.15, -0.1) is 0 Å². The highest BCUT2D eigenvalue weighted by Gasteiger charge is 2.37. The Labute approximate surface area is 151 Å². The van der Waals surface area contributed by atoms with E-state index in [1.807, 2.05) is 19.9 Å². The largest absolute Gasteiger partial charge is 0.481 e. The summed E-state index contributed by atoms with van der Waals surface area (Å²) in [4.78, 5) is 29.8. The molecule has 8 heteroatoms. The fourth-order valence-corrected chi connectivity index (χ4v) is 3.35. The Hall–Kier alpha value is -2.74. The highest BCUT2D eigenvalue weighted by atomic mass is 16.5. The molecule has 2 atom stereocenters. The van der Waals surface area contributed by atoms with E-state index in [9.17, 15) is 9.59 Å². The molecule has 26 heavy (non-hydrogen) atoms. The molecule has 0 aromatic carbocycles. The summed E-state index contributed by atoms with van der Waals surface area (Å²) in [7, 11) is 1.57. The van der Waals surface area contributed by atoms with Crippen molar-refractivity contribution in [2.45, 2.75) is 38.8 Å². The van der Waals surface area contributed by atoms with Crippen molar-refractivity contribution in [1.29, 1.82) is 0 Å².